The van der Waals surface area contributed by atoms with Gasteiger partial charge in [-0.25, -0.2) is 4.79 Å². The van der Waals surface area contributed by atoms with E-state index in [1.165, 1.54) is 11.1 Å². The third-order valence-corrected chi connectivity index (χ3v) is 6.64. The summed E-state index contributed by atoms with van der Waals surface area (Å²) in [4.78, 5) is 14.9. The number of hydrogen-bond acceptors (Lipinski definition) is 5. The molecule has 0 bridgehead atoms. The van der Waals surface area contributed by atoms with Gasteiger partial charge in [0.05, 0.1) is 35.4 Å². The molecule has 0 amide bonds. The van der Waals surface area contributed by atoms with Gasteiger partial charge in [0.25, 0.3) is 0 Å². The van der Waals surface area contributed by atoms with Crippen LogP contribution in [0.15, 0.2) is 30.3 Å². The van der Waals surface area contributed by atoms with Crippen LogP contribution < -0.4 is 15.5 Å². The first kappa shape index (κ1) is 17.4. The number of carbonyl (C=O) groups is 1. The summed E-state index contributed by atoms with van der Waals surface area (Å²) in [7, 11) is 2.06. The lowest BCUT2D eigenvalue weighted by Crippen LogP contribution is -2.43. The topological polar surface area (TPSA) is 53.6 Å². The maximum Gasteiger partial charge on any atom is 0.338 e. The van der Waals surface area contributed by atoms with Crippen molar-refractivity contribution >= 4 is 23.0 Å². The van der Waals surface area contributed by atoms with Gasteiger partial charge in [0.2, 0.25) is 0 Å². The lowest BCUT2D eigenvalue weighted by Gasteiger charge is -2.38. The molecule has 1 aliphatic carbocycles. The first-order valence-corrected chi connectivity index (χ1v) is 10.2. The lowest BCUT2D eigenvalue weighted by molar-refractivity contribution is 0.0525. The van der Waals surface area contributed by atoms with Gasteiger partial charge < -0.3 is 20.3 Å². The molecule has 0 radical (unpaired) electrons. The molecule has 5 heteroatoms. The quantitative estimate of drug-likeness (QED) is 0.776. The number of nitrogens with one attached hydrogen (secondary N) is 2. The fourth-order valence-electron chi connectivity index (χ4n) is 5.09. The minimum atomic E-state index is -0.220. The van der Waals surface area contributed by atoms with Crippen LogP contribution in [0.25, 0.3) is 0 Å². The molecule has 0 saturated heterocycles. The van der Waals surface area contributed by atoms with Crippen molar-refractivity contribution < 1.29 is 9.53 Å². The van der Waals surface area contributed by atoms with Gasteiger partial charge in [0, 0.05) is 12.6 Å². The van der Waals surface area contributed by atoms with E-state index in [1.54, 1.807) is 0 Å². The highest BCUT2D eigenvalue weighted by Gasteiger charge is 2.43. The Morgan fingerprint density at radius 1 is 1.25 bits per heavy atom. The monoisotopic (exact) mass is 377 g/mol. The Hall–Kier alpha value is -2.69. The van der Waals surface area contributed by atoms with Crippen molar-refractivity contribution in [1.29, 1.82) is 0 Å². The molecule has 28 heavy (non-hydrogen) atoms. The van der Waals surface area contributed by atoms with E-state index in [0.717, 1.165) is 48.3 Å². The molecule has 5 rings (SSSR count). The van der Waals surface area contributed by atoms with Gasteiger partial charge in [-0.1, -0.05) is 24.3 Å². The van der Waals surface area contributed by atoms with Crippen molar-refractivity contribution in [2.24, 2.45) is 0 Å². The van der Waals surface area contributed by atoms with Crippen LogP contribution in [0.2, 0.25) is 0 Å². The third-order valence-electron chi connectivity index (χ3n) is 6.64. The largest absolute Gasteiger partial charge is 0.462 e. The number of rotatable bonds is 2. The predicted octanol–water partition coefficient (Wildman–Crippen LogP) is 3.97. The lowest BCUT2D eigenvalue weighted by atomic mass is 9.81. The van der Waals surface area contributed by atoms with E-state index in [9.17, 15) is 4.79 Å². The molecule has 1 spiro atoms. The smallest absolute Gasteiger partial charge is 0.338 e. The number of esters is 1. The molecule has 2 aromatic carbocycles. The number of nitrogens with zero attached hydrogens (tertiary/aromatic N) is 1. The number of ether oxygens (including phenoxy) is 1. The Bertz CT molecular complexity index is 944. The van der Waals surface area contributed by atoms with Gasteiger partial charge in [-0.2, -0.15) is 0 Å². The minimum Gasteiger partial charge on any atom is -0.462 e. The van der Waals surface area contributed by atoms with Crippen LogP contribution in [0.4, 0.5) is 17.1 Å². The zero-order valence-electron chi connectivity index (χ0n) is 16.8. The first-order valence-electron chi connectivity index (χ1n) is 10.2. The second-order valence-electron chi connectivity index (χ2n) is 8.35. The van der Waals surface area contributed by atoms with Gasteiger partial charge in [0.15, 0.2) is 0 Å². The van der Waals surface area contributed by atoms with Crippen molar-refractivity contribution in [1.82, 2.24) is 0 Å². The molecule has 146 valence electrons. The number of fused-ring (bicyclic) bond motifs is 4. The predicted molar refractivity (Wildman–Crippen MR) is 112 cm³/mol. The summed E-state index contributed by atoms with van der Waals surface area (Å²) < 4.78 is 5.38. The van der Waals surface area contributed by atoms with Crippen LogP contribution in [0.3, 0.4) is 0 Å². The summed E-state index contributed by atoms with van der Waals surface area (Å²) >= 11 is 0. The van der Waals surface area contributed by atoms with Crippen molar-refractivity contribution in [3.63, 3.8) is 0 Å². The zero-order valence-corrected chi connectivity index (χ0v) is 16.8. The molecular weight excluding hydrogens is 350 g/mol. The zero-order chi connectivity index (χ0) is 19.5. The standard InChI is InChI=1S/C23H27N3O2/c1-4-28-22(27)18-11-19-21(24-14(2)26(19)3)20-17(18)9-10-23(25-20)12-15-7-5-6-8-16(15)13-23/h5-8,11,14,24-25H,4,9-10,12-13H2,1-3H3. The number of carbonyl (C=O) groups excluding carboxylic acids is 1. The Labute approximate surface area is 166 Å². The Balaban J connectivity index is 1.60. The van der Waals surface area contributed by atoms with Gasteiger partial charge in [-0.15, -0.1) is 0 Å². The van der Waals surface area contributed by atoms with Gasteiger partial charge in [0.1, 0.15) is 0 Å². The third kappa shape index (κ3) is 2.49. The fourth-order valence-corrected chi connectivity index (χ4v) is 5.09. The van der Waals surface area contributed by atoms with Crippen LogP contribution >= 0.6 is 0 Å². The Morgan fingerprint density at radius 3 is 2.64 bits per heavy atom. The van der Waals surface area contributed by atoms with Crippen LogP contribution in [0.1, 0.15) is 47.3 Å². The molecule has 1 atom stereocenters. The molecule has 1 unspecified atom stereocenters. The molecule has 2 aliphatic heterocycles. The number of hydrogen-bond donors (Lipinski definition) is 2. The van der Waals surface area contributed by atoms with E-state index < -0.39 is 0 Å². The summed E-state index contributed by atoms with van der Waals surface area (Å²) in [5.41, 5.74) is 7.98. The van der Waals surface area contributed by atoms with E-state index in [2.05, 4.69) is 53.8 Å². The number of anilines is 3. The number of benzene rings is 2. The Morgan fingerprint density at radius 2 is 1.96 bits per heavy atom. The summed E-state index contributed by atoms with van der Waals surface area (Å²) in [6.45, 7) is 4.39. The fraction of sp³-hybridized carbons (Fsp3) is 0.435. The molecule has 2 heterocycles. The van der Waals surface area contributed by atoms with E-state index in [0.29, 0.717) is 12.2 Å². The molecular formula is C23H27N3O2. The second-order valence-corrected chi connectivity index (χ2v) is 8.35. The average Bonchev–Trinajstić information content (AvgIpc) is 3.18. The summed E-state index contributed by atoms with van der Waals surface area (Å²) in [6.07, 6.45) is 4.17. The summed E-state index contributed by atoms with van der Waals surface area (Å²) in [5, 5.41) is 7.51. The molecule has 2 N–H and O–H groups in total. The highest BCUT2D eigenvalue weighted by atomic mass is 16.5. The van der Waals surface area contributed by atoms with Crippen molar-refractivity contribution in [3.8, 4) is 0 Å². The van der Waals surface area contributed by atoms with Crippen LogP contribution in [-0.4, -0.2) is 31.3 Å². The maximum atomic E-state index is 12.7. The summed E-state index contributed by atoms with van der Waals surface area (Å²) in [6, 6.07) is 10.8. The molecule has 5 nitrogen and oxygen atoms in total. The van der Waals surface area contributed by atoms with E-state index in [1.807, 2.05) is 13.0 Å². The van der Waals surface area contributed by atoms with Crippen molar-refractivity contribution in [2.75, 3.05) is 29.2 Å². The molecule has 0 saturated carbocycles. The normalized spacial score (nSPS) is 20.8. The van der Waals surface area contributed by atoms with Gasteiger partial charge in [-0.3, -0.25) is 0 Å². The van der Waals surface area contributed by atoms with Gasteiger partial charge >= 0.3 is 5.97 Å². The minimum absolute atomic E-state index is 0.0316. The SMILES string of the molecule is CCOC(=O)c1cc2c(c3c1CCC1(Cc4ccccc4C1)N3)NC(C)N2C. The molecule has 2 aromatic rings. The highest BCUT2D eigenvalue weighted by molar-refractivity contribution is 6.01. The molecule has 3 aliphatic rings. The van der Waals surface area contributed by atoms with Crippen molar-refractivity contribution in [3.05, 3.63) is 52.6 Å². The van der Waals surface area contributed by atoms with Crippen molar-refractivity contribution in [2.45, 2.75) is 51.2 Å². The van der Waals surface area contributed by atoms with Crippen LogP contribution in [0.5, 0.6) is 0 Å². The molecule has 0 fully saturated rings. The van der Waals surface area contributed by atoms with E-state index >= 15 is 0 Å². The van der Waals surface area contributed by atoms with Crippen LogP contribution in [0, 0.1) is 0 Å². The van der Waals surface area contributed by atoms with Crippen LogP contribution in [-0.2, 0) is 24.0 Å². The van der Waals surface area contributed by atoms with E-state index in [-0.39, 0.29) is 17.7 Å². The molecule has 0 aromatic heterocycles. The summed E-state index contributed by atoms with van der Waals surface area (Å²) in [5.74, 6) is -0.220. The Kier molecular flexibility index (Phi) is 3.83. The highest BCUT2D eigenvalue weighted by Crippen LogP contribution is 2.49. The first-order chi connectivity index (χ1) is 13.5. The average molecular weight is 377 g/mol. The second kappa shape index (κ2) is 6.16. The maximum absolute atomic E-state index is 12.7. The van der Waals surface area contributed by atoms with E-state index in [4.69, 9.17) is 4.74 Å². The van der Waals surface area contributed by atoms with Gasteiger partial charge in [-0.05, 0) is 62.3 Å².